The Kier molecular flexibility index (Phi) is 7.38. The summed E-state index contributed by atoms with van der Waals surface area (Å²) in [7, 11) is -2.28. The highest BCUT2D eigenvalue weighted by Crippen LogP contribution is 2.15. The predicted octanol–water partition coefficient (Wildman–Crippen LogP) is 2.50. The number of hydrogen-bond donors (Lipinski definition) is 2. The lowest BCUT2D eigenvalue weighted by atomic mass is 10.1. The molecule has 27 heavy (non-hydrogen) atoms. The molecule has 0 heterocycles. The molecule has 1 amide bonds. The first-order valence-corrected chi connectivity index (χ1v) is 10.3. The second kappa shape index (κ2) is 9.53. The lowest BCUT2D eigenvalue weighted by Crippen LogP contribution is -2.47. The molecule has 2 rings (SSSR count). The summed E-state index contributed by atoms with van der Waals surface area (Å²) < 4.78 is 32.3. The molecule has 0 aliphatic heterocycles. The van der Waals surface area contributed by atoms with Crippen LogP contribution in [0.4, 0.5) is 0 Å². The van der Waals surface area contributed by atoms with Crippen LogP contribution < -0.4 is 14.8 Å². The fourth-order valence-electron chi connectivity index (χ4n) is 2.58. The zero-order valence-corrected chi connectivity index (χ0v) is 16.6. The lowest BCUT2D eigenvalue weighted by Gasteiger charge is -2.18. The third-order valence-electron chi connectivity index (χ3n) is 4.19. The summed E-state index contributed by atoms with van der Waals surface area (Å²) in [6.07, 6.45) is 1.61. The highest BCUT2D eigenvalue weighted by atomic mass is 32.2. The lowest BCUT2D eigenvalue weighted by molar-refractivity contribution is -0.123. The van der Waals surface area contributed by atoms with Crippen molar-refractivity contribution >= 4 is 15.9 Å². The fourth-order valence-corrected chi connectivity index (χ4v) is 3.78. The molecule has 2 aromatic rings. The molecular formula is C20H26N2O4S. The monoisotopic (exact) mass is 390 g/mol. The Morgan fingerprint density at radius 2 is 1.67 bits per heavy atom. The molecule has 0 saturated heterocycles. The van der Waals surface area contributed by atoms with Gasteiger partial charge in [0.2, 0.25) is 15.9 Å². The zero-order valence-electron chi connectivity index (χ0n) is 15.8. The van der Waals surface area contributed by atoms with E-state index in [9.17, 15) is 13.2 Å². The van der Waals surface area contributed by atoms with Crippen LogP contribution in [0.3, 0.4) is 0 Å². The number of rotatable bonds is 9. The second-order valence-corrected chi connectivity index (χ2v) is 8.17. The van der Waals surface area contributed by atoms with Crippen LogP contribution in [-0.4, -0.2) is 33.5 Å². The molecule has 2 N–H and O–H groups in total. The van der Waals surface area contributed by atoms with Crippen molar-refractivity contribution in [3.63, 3.8) is 0 Å². The summed E-state index contributed by atoms with van der Waals surface area (Å²) in [6, 6.07) is 15.1. The number of carbonyl (C=O) groups excluding carboxylic acids is 1. The number of hydrogen-bond acceptors (Lipinski definition) is 4. The number of nitrogens with one attached hydrogen (secondary N) is 2. The second-order valence-electron chi connectivity index (χ2n) is 6.45. The van der Waals surface area contributed by atoms with Crippen LogP contribution in [0.5, 0.6) is 5.75 Å². The van der Waals surface area contributed by atoms with Crippen molar-refractivity contribution in [2.75, 3.05) is 7.11 Å². The molecule has 146 valence electrons. The maximum absolute atomic E-state index is 12.4. The van der Waals surface area contributed by atoms with E-state index in [4.69, 9.17) is 4.74 Å². The Labute approximate surface area is 161 Å². The zero-order chi connectivity index (χ0) is 19.9. The van der Waals surface area contributed by atoms with Crippen LogP contribution >= 0.6 is 0 Å². The number of methoxy groups -OCH3 is 1. The Bertz CT molecular complexity index is 836. The maximum Gasteiger partial charge on any atom is 0.241 e. The molecular weight excluding hydrogens is 364 g/mol. The van der Waals surface area contributed by atoms with Gasteiger partial charge in [0.1, 0.15) is 5.75 Å². The van der Waals surface area contributed by atoms with Gasteiger partial charge in [0, 0.05) is 6.04 Å². The summed E-state index contributed by atoms with van der Waals surface area (Å²) in [5.74, 6) is 0.208. The summed E-state index contributed by atoms with van der Waals surface area (Å²) >= 11 is 0. The van der Waals surface area contributed by atoms with E-state index in [1.165, 1.54) is 31.7 Å². The summed E-state index contributed by atoms with van der Waals surface area (Å²) in [4.78, 5) is 12.4. The molecule has 7 heteroatoms. The molecule has 6 nitrogen and oxygen atoms in total. The van der Waals surface area contributed by atoms with E-state index in [2.05, 4.69) is 10.0 Å². The highest BCUT2D eigenvalue weighted by Gasteiger charge is 2.23. The van der Waals surface area contributed by atoms with Gasteiger partial charge in [-0.3, -0.25) is 4.79 Å². The molecule has 0 aliphatic carbocycles. The molecule has 0 radical (unpaired) electrons. The van der Waals surface area contributed by atoms with Crippen LogP contribution in [0.2, 0.25) is 0 Å². The molecule has 2 aromatic carbocycles. The van der Waals surface area contributed by atoms with Crippen LogP contribution in [0.25, 0.3) is 0 Å². The Morgan fingerprint density at radius 3 is 2.26 bits per heavy atom. The maximum atomic E-state index is 12.4. The number of ether oxygens (including phenoxy) is 1. The van der Waals surface area contributed by atoms with E-state index in [0.29, 0.717) is 5.75 Å². The van der Waals surface area contributed by atoms with E-state index in [1.54, 1.807) is 12.1 Å². The number of aryl methyl sites for hydroxylation is 1. The molecule has 0 aromatic heterocycles. The minimum Gasteiger partial charge on any atom is -0.497 e. The van der Waals surface area contributed by atoms with Gasteiger partial charge in [-0.15, -0.1) is 0 Å². The first-order chi connectivity index (χ1) is 12.8. The fraction of sp³-hybridized carbons (Fsp3) is 0.350. The molecule has 0 fully saturated rings. The standard InChI is InChI=1S/C20H26N2O4S/c1-15(9-10-17-7-5-4-6-8-17)21-20(23)16(2)22-27(24,25)19-13-11-18(26-3)12-14-19/h4-8,11-16,22H,9-10H2,1-3H3,(H,21,23)/t15-,16+/m0/s1. The van der Waals surface area contributed by atoms with Crippen LogP contribution in [0.15, 0.2) is 59.5 Å². The Balaban J connectivity index is 1.87. The van der Waals surface area contributed by atoms with Crippen molar-refractivity contribution in [3.8, 4) is 5.75 Å². The van der Waals surface area contributed by atoms with Gasteiger partial charge in [-0.25, -0.2) is 8.42 Å². The van der Waals surface area contributed by atoms with Crippen molar-refractivity contribution in [2.45, 2.75) is 43.7 Å². The molecule has 0 spiro atoms. The van der Waals surface area contributed by atoms with Crippen molar-refractivity contribution in [1.29, 1.82) is 0 Å². The van der Waals surface area contributed by atoms with Crippen molar-refractivity contribution in [1.82, 2.24) is 10.0 Å². The summed E-state index contributed by atoms with van der Waals surface area (Å²) in [5.41, 5.74) is 1.20. The minimum atomic E-state index is -3.79. The number of benzene rings is 2. The van der Waals surface area contributed by atoms with Crippen molar-refractivity contribution in [3.05, 3.63) is 60.2 Å². The third-order valence-corrected chi connectivity index (χ3v) is 5.75. The number of carbonyl (C=O) groups is 1. The predicted molar refractivity (Wildman–Crippen MR) is 105 cm³/mol. The third kappa shape index (κ3) is 6.37. The molecule has 0 unspecified atom stereocenters. The quantitative estimate of drug-likeness (QED) is 0.689. The van der Waals surface area contributed by atoms with Gasteiger partial charge >= 0.3 is 0 Å². The van der Waals surface area contributed by atoms with Gasteiger partial charge in [0.25, 0.3) is 0 Å². The van der Waals surface area contributed by atoms with Crippen LogP contribution in [-0.2, 0) is 21.2 Å². The molecule has 0 aliphatic rings. The first kappa shape index (κ1) is 20.9. The normalized spacial score (nSPS) is 13.6. The summed E-state index contributed by atoms with van der Waals surface area (Å²) in [5, 5.41) is 2.86. The Hall–Kier alpha value is -2.38. The van der Waals surface area contributed by atoms with Crippen LogP contribution in [0, 0.1) is 0 Å². The first-order valence-electron chi connectivity index (χ1n) is 8.82. The van der Waals surface area contributed by atoms with Crippen LogP contribution in [0.1, 0.15) is 25.8 Å². The number of sulfonamides is 1. The highest BCUT2D eigenvalue weighted by molar-refractivity contribution is 7.89. The molecule has 0 saturated carbocycles. The van der Waals surface area contributed by atoms with E-state index >= 15 is 0 Å². The summed E-state index contributed by atoms with van der Waals surface area (Å²) in [6.45, 7) is 3.44. The number of amides is 1. The van der Waals surface area contributed by atoms with E-state index in [-0.39, 0.29) is 16.8 Å². The van der Waals surface area contributed by atoms with Gasteiger partial charge in [-0.1, -0.05) is 30.3 Å². The van der Waals surface area contributed by atoms with Gasteiger partial charge in [-0.05, 0) is 56.5 Å². The largest absolute Gasteiger partial charge is 0.497 e. The van der Waals surface area contributed by atoms with Gasteiger partial charge < -0.3 is 10.1 Å². The minimum absolute atomic E-state index is 0.0642. The van der Waals surface area contributed by atoms with E-state index in [0.717, 1.165) is 12.8 Å². The smallest absolute Gasteiger partial charge is 0.241 e. The van der Waals surface area contributed by atoms with Gasteiger partial charge in [0.05, 0.1) is 18.0 Å². The van der Waals surface area contributed by atoms with E-state index in [1.807, 2.05) is 37.3 Å². The van der Waals surface area contributed by atoms with Gasteiger partial charge in [-0.2, -0.15) is 4.72 Å². The SMILES string of the molecule is COc1ccc(S(=O)(=O)N[C@H](C)C(=O)N[C@@H](C)CCc2ccccc2)cc1. The topological polar surface area (TPSA) is 84.5 Å². The van der Waals surface area contributed by atoms with Crippen molar-refractivity contribution < 1.29 is 17.9 Å². The molecule has 0 bridgehead atoms. The average Bonchev–Trinajstić information content (AvgIpc) is 2.67. The Morgan fingerprint density at radius 1 is 1.04 bits per heavy atom. The van der Waals surface area contributed by atoms with Crippen molar-refractivity contribution in [2.24, 2.45) is 0 Å². The van der Waals surface area contributed by atoms with E-state index < -0.39 is 16.1 Å². The van der Waals surface area contributed by atoms with Gasteiger partial charge in [0.15, 0.2) is 0 Å². The average molecular weight is 391 g/mol. The molecule has 2 atom stereocenters.